The van der Waals surface area contributed by atoms with E-state index in [2.05, 4.69) is 20.5 Å². The molecule has 0 fully saturated rings. The number of ether oxygens (including phenoxy) is 1. The molecule has 4 aromatic rings. The smallest absolute Gasteiger partial charge is 0.258 e. The van der Waals surface area contributed by atoms with Crippen LogP contribution in [0, 0.1) is 0 Å². The Kier molecular flexibility index (Phi) is 5.54. The minimum absolute atomic E-state index is 0.130. The summed E-state index contributed by atoms with van der Waals surface area (Å²) >= 11 is 2.66. The molecule has 0 aliphatic rings. The van der Waals surface area contributed by atoms with Gasteiger partial charge in [-0.1, -0.05) is 35.2 Å². The van der Waals surface area contributed by atoms with Gasteiger partial charge in [-0.25, -0.2) is 4.98 Å². The number of amides is 1. The van der Waals surface area contributed by atoms with Crippen LogP contribution >= 0.6 is 23.1 Å². The number of carbonyl (C=O) groups is 1. The number of thioether (sulfide) groups is 1. The van der Waals surface area contributed by atoms with E-state index >= 15 is 0 Å². The number of aromatic nitrogens is 4. The van der Waals surface area contributed by atoms with Crippen molar-refractivity contribution in [2.24, 2.45) is 0 Å². The number of hydrogen-bond acceptors (Lipinski definition) is 8. The number of hydrogen-bond donors (Lipinski definition) is 1. The maximum Gasteiger partial charge on any atom is 0.258 e. The van der Waals surface area contributed by atoms with E-state index in [-0.39, 0.29) is 11.5 Å². The van der Waals surface area contributed by atoms with Gasteiger partial charge in [0, 0.05) is 23.6 Å². The van der Waals surface area contributed by atoms with Crippen LogP contribution < -0.4 is 15.6 Å². The third-order valence-corrected chi connectivity index (χ3v) is 5.93. The van der Waals surface area contributed by atoms with E-state index in [4.69, 9.17) is 4.74 Å². The van der Waals surface area contributed by atoms with Gasteiger partial charge in [-0.2, -0.15) is 0 Å². The standard InChI is InChI=1S/C19H15N5O3S2/c1-27-14-6-4-5-12(9-14)17(26)21-18-22-23-19(29-18)28-11-13-10-16(25)24-8-3-2-7-15(24)20-13/h2-10H,11H2,1H3,(H,21,22,26). The molecule has 1 N–H and O–H groups in total. The summed E-state index contributed by atoms with van der Waals surface area (Å²) in [5.74, 6) is 0.782. The number of methoxy groups -OCH3 is 1. The van der Waals surface area contributed by atoms with Gasteiger partial charge in [-0.15, -0.1) is 10.2 Å². The maximum absolute atomic E-state index is 12.4. The molecule has 0 unspecified atom stereocenters. The van der Waals surface area contributed by atoms with Gasteiger partial charge in [0.1, 0.15) is 11.4 Å². The molecular formula is C19H15N5O3S2. The highest BCUT2D eigenvalue weighted by molar-refractivity contribution is 8.00. The topological polar surface area (TPSA) is 98.5 Å². The van der Waals surface area contributed by atoms with Crippen LogP contribution in [0.2, 0.25) is 0 Å². The van der Waals surface area contributed by atoms with E-state index in [0.29, 0.717) is 37.9 Å². The molecule has 4 rings (SSSR count). The zero-order chi connectivity index (χ0) is 20.2. The molecule has 0 spiro atoms. The Morgan fingerprint density at radius 2 is 2.10 bits per heavy atom. The van der Waals surface area contributed by atoms with Crippen molar-refractivity contribution in [2.75, 3.05) is 12.4 Å². The third kappa shape index (κ3) is 4.44. The zero-order valence-corrected chi connectivity index (χ0v) is 16.9. The number of rotatable bonds is 6. The van der Waals surface area contributed by atoms with Crippen LogP contribution in [0.25, 0.3) is 5.65 Å². The number of carbonyl (C=O) groups excluding carboxylic acids is 1. The minimum Gasteiger partial charge on any atom is -0.497 e. The quantitative estimate of drug-likeness (QED) is 0.374. The molecular weight excluding hydrogens is 410 g/mol. The lowest BCUT2D eigenvalue weighted by molar-refractivity contribution is 0.102. The molecule has 8 nitrogen and oxygen atoms in total. The second kappa shape index (κ2) is 8.41. The summed E-state index contributed by atoms with van der Waals surface area (Å²) in [7, 11) is 1.55. The Morgan fingerprint density at radius 3 is 2.97 bits per heavy atom. The Bertz CT molecular complexity index is 1240. The van der Waals surface area contributed by atoms with Gasteiger partial charge in [0.15, 0.2) is 4.34 Å². The van der Waals surface area contributed by atoms with Crippen molar-refractivity contribution in [1.82, 2.24) is 19.6 Å². The molecule has 0 atom stereocenters. The largest absolute Gasteiger partial charge is 0.497 e. The molecule has 3 heterocycles. The molecule has 0 saturated carbocycles. The summed E-state index contributed by atoms with van der Waals surface area (Å²) in [5, 5.41) is 11.2. The van der Waals surface area contributed by atoms with Crippen LogP contribution in [-0.4, -0.2) is 32.6 Å². The first-order valence-electron chi connectivity index (χ1n) is 8.51. The normalized spacial score (nSPS) is 10.8. The van der Waals surface area contributed by atoms with Crippen LogP contribution in [0.3, 0.4) is 0 Å². The third-order valence-electron chi connectivity index (χ3n) is 3.93. The summed E-state index contributed by atoms with van der Waals surface area (Å²) < 4.78 is 7.29. The van der Waals surface area contributed by atoms with Crippen LogP contribution in [0.4, 0.5) is 5.13 Å². The van der Waals surface area contributed by atoms with Crippen molar-refractivity contribution >= 4 is 39.8 Å². The average Bonchev–Trinajstić information content (AvgIpc) is 3.19. The average molecular weight is 425 g/mol. The molecule has 146 valence electrons. The molecule has 3 aromatic heterocycles. The van der Waals surface area contributed by atoms with Crippen LogP contribution in [-0.2, 0) is 5.75 Å². The fourth-order valence-electron chi connectivity index (χ4n) is 2.56. The lowest BCUT2D eigenvalue weighted by atomic mass is 10.2. The SMILES string of the molecule is COc1cccc(C(=O)Nc2nnc(SCc3cc(=O)n4ccccc4n3)s2)c1. The minimum atomic E-state index is -0.291. The Labute approximate surface area is 173 Å². The number of benzene rings is 1. The summed E-state index contributed by atoms with van der Waals surface area (Å²) in [6, 6.07) is 13.8. The summed E-state index contributed by atoms with van der Waals surface area (Å²) in [4.78, 5) is 29.0. The van der Waals surface area contributed by atoms with Gasteiger partial charge < -0.3 is 4.74 Å². The summed E-state index contributed by atoms with van der Waals surface area (Å²) in [5.41, 5.74) is 1.59. The molecule has 1 amide bonds. The van der Waals surface area contributed by atoms with E-state index in [1.165, 1.54) is 33.6 Å². The van der Waals surface area contributed by atoms with E-state index in [1.807, 2.05) is 6.07 Å². The number of nitrogens with one attached hydrogen (secondary N) is 1. The van der Waals surface area contributed by atoms with Crippen molar-refractivity contribution in [3.05, 3.63) is 76.3 Å². The van der Waals surface area contributed by atoms with Gasteiger partial charge in [-0.05, 0) is 30.3 Å². The highest BCUT2D eigenvalue weighted by atomic mass is 32.2. The summed E-state index contributed by atoms with van der Waals surface area (Å²) in [6.45, 7) is 0. The monoisotopic (exact) mass is 425 g/mol. The van der Waals surface area contributed by atoms with Crippen molar-refractivity contribution in [3.63, 3.8) is 0 Å². The molecule has 10 heteroatoms. The molecule has 1 aromatic carbocycles. The van der Waals surface area contributed by atoms with Crippen LogP contribution in [0.15, 0.2) is 63.9 Å². The maximum atomic E-state index is 12.4. The molecule has 0 saturated heterocycles. The van der Waals surface area contributed by atoms with Gasteiger partial charge in [0.25, 0.3) is 11.5 Å². The first-order chi connectivity index (χ1) is 14.1. The van der Waals surface area contributed by atoms with Gasteiger partial charge in [0.2, 0.25) is 5.13 Å². The first kappa shape index (κ1) is 19.1. The zero-order valence-electron chi connectivity index (χ0n) is 15.2. The number of pyridine rings is 1. The van der Waals surface area contributed by atoms with Crippen molar-refractivity contribution in [2.45, 2.75) is 10.1 Å². The lowest BCUT2D eigenvalue weighted by Gasteiger charge is -2.03. The van der Waals surface area contributed by atoms with Gasteiger partial charge >= 0.3 is 0 Å². The fraction of sp³-hybridized carbons (Fsp3) is 0.105. The van der Waals surface area contributed by atoms with E-state index in [0.717, 1.165) is 0 Å². The van der Waals surface area contributed by atoms with E-state index < -0.39 is 0 Å². The van der Waals surface area contributed by atoms with Crippen LogP contribution in [0.5, 0.6) is 5.75 Å². The van der Waals surface area contributed by atoms with E-state index in [9.17, 15) is 9.59 Å². The van der Waals surface area contributed by atoms with Crippen LogP contribution in [0.1, 0.15) is 16.1 Å². The Balaban J connectivity index is 1.42. The van der Waals surface area contributed by atoms with Crippen molar-refractivity contribution < 1.29 is 9.53 Å². The van der Waals surface area contributed by atoms with Crippen molar-refractivity contribution in [1.29, 1.82) is 0 Å². The molecule has 0 radical (unpaired) electrons. The molecule has 0 aliphatic carbocycles. The Hall–Kier alpha value is -3.24. The predicted molar refractivity (Wildman–Crippen MR) is 112 cm³/mol. The summed E-state index contributed by atoms with van der Waals surface area (Å²) in [6.07, 6.45) is 1.68. The van der Waals surface area contributed by atoms with E-state index in [1.54, 1.807) is 49.7 Å². The second-order valence-electron chi connectivity index (χ2n) is 5.86. The first-order valence-corrected chi connectivity index (χ1v) is 10.3. The number of anilines is 1. The Morgan fingerprint density at radius 1 is 1.21 bits per heavy atom. The fourth-order valence-corrected chi connectivity index (χ4v) is 4.20. The highest BCUT2D eigenvalue weighted by Gasteiger charge is 2.12. The molecule has 0 bridgehead atoms. The van der Waals surface area contributed by atoms with Crippen molar-refractivity contribution in [3.8, 4) is 5.75 Å². The number of fused-ring (bicyclic) bond motifs is 1. The molecule has 29 heavy (non-hydrogen) atoms. The lowest BCUT2D eigenvalue weighted by Crippen LogP contribution is -2.14. The van der Waals surface area contributed by atoms with Gasteiger partial charge in [-0.3, -0.25) is 19.3 Å². The second-order valence-corrected chi connectivity index (χ2v) is 8.06. The van der Waals surface area contributed by atoms with Gasteiger partial charge in [0.05, 0.1) is 12.8 Å². The predicted octanol–water partition coefficient (Wildman–Crippen LogP) is 3.10. The molecule has 0 aliphatic heterocycles. The highest BCUT2D eigenvalue weighted by Crippen LogP contribution is 2.28. The number of nitrogens with zero attached hydrogens (tertiary/aromatic N) is 4.